The van der Waals surface area contributed by atoms with Crippen LogP contribution in [-0.2, 0) is 19.9 Å². The number of rotatable bonds is 1. The highest BCUT2D eigenvalue weighted by Crippen LogP contribution is 2.55. The topological polar surface area (TPSA) is 98.7 Å². The van der Waals surface area contributed by atoms with Crippen LogP contribution >= 0.6 is 11.6 Å². The number of carbonyl (C=O) groups is 3. The first-order valence-corrected chi connectivity index (χ1v) is 9.33. The van der Waals surface area contributed by atoms with Crippen LogP contribution in [0, 0.1) is 11.8 Å². The third-order valence-electron chi connectivity index (χ3n) is 5.82. The lowest BCUT2D eigenvalue weighted by Crippen LogP contribution is -2.57. The van der Waals surface area contributed by atoms with Gasteiger partial charge in [-0.2, -0.15) is 0 Å². The lowest BCUT2D eigenvalue weighted by atomic mass is 9.76. The first kappa shape index (κ1) is 18.4. The number of nitrogens with one attached hydrogen (secondary N) is 2. The van der Waals surface area contributed by atoms with Crippen molar-refractivity contribution in [1.29, 1.82) is 0 Å². The van der Waals surface area contributed by atoms with Crippen LogP contribution in [0.15, 0.2) is 18.2 Å². The normalized spacial score (nSPS) is 33.5. The number of imide groups is 1. The largest absolute Gasteiger partial charge is 0.392 e. The summed E-state index contributed by atoms with van der Waals surface area (Å²) >= 11 is 6.25. The van der Waals surface area contributed by atoms with Crippen molar-refractivity contribution in [2.45, 2.75) is 50.9 Å². The summed E-state index contributed by atoms with van der Waals surface area (Å²) < 4.78 is 0. The monoisotopic (exact) mass is 391 g/mol. The molecule has 3 amide bonds. The second kappa shape index (κ2) is 5.53. The van der Waals surface area contributed by atoms with Gasteiger partial charge in [0.1, 0.15) is 5.54 Å². The summed E-state index contributed by atoms with van der Waals surface area (Å²) in [6, 6.07) is 4.36. The molecule has 2 saturated heterocycles. The van der Waals surface area contributed by atoms with Gasteiger partial charge < -0.3 is 10.4 Å². The van der Waals surface area contributed by atoms with Gasteiger partial charge in [-0.1, -0.05) is 23.7 Å². The minimum absolute atomic E-state index is 0.362. The number of halogens is 1. The van der Waals surface area contributed by atoms with Crippen LogP contribution in [-0.4, -0.2) is 45.4 Å². The summed E-state index contributed by atoms with van der Waals surface area (Å²) in [6.07, 6.45) is -0.926. The molecule has 3 aliphatic heterocycles. The molecule has 1 spiro atoms. The van der Waals surface area contributed by atoms with Gasteiger partial charge in [0.2, 0.25) is 17.7 Å². The van der Waals surface area contributed by atoms with Crippen LogP contribution in [0.3, 0.4) is 0 Å². The molecule has 0 bridgehead atoms. The van der Waals surface area contributed by atoms with Gasteiger partial charge >= 0.3 is 0 Å². The van der Waals surface area contributed by atoms with Gasteiger partial charge in [0.25, 0.3) is 0 Å². The van der Waals surface area contributed by atoms with Crippen molar-refractivity contribution < 1.29 is 19.5 Å². The SMILES string of the molecule is CC(O)C1NC2(C(=O)Nc3c(Cl)cccc32)C2C(=O)N(C(C)(C)C)C(=O)C12. The molecule has 0 aromatic heterocycles. The number of aliphatic hydroxyl groups is 1. The van der Waals surface area contributed by atoms with E-state index >= 15 is 0 Å². The number of amides is 3. The maximum atomic E-state index is 13.4. The molecule has 1 aromatic carbocycles. The van der Waals surface area contributed by atoms with E-state index in [9.17, 15) is 19.5 Å². The quantitative estimate of drug-likeness (QED) is 0.625. The number of nitrogens with zero attached hydrogens (tertiary/aromatic N) is 1. The van der Waals surface area contributed by atoms with Crippen LogP contribution in [0.1, 0.15) is 33.3 Å². The predicted molar refractivity (Wildman–Crippen MR) is 99.0 cm³/mol. The van der Waals surface area contributed by atoms with E-state index in [0.717, 1.165) is 0 Å². The Labute approximate surface area is 162 Å². The van der Waals surface area contributed by atoms with Gasteiger partial charge in [0.05, 0.1) is 28.6 Å². The lowest BCUT2D eigenvalue weighted by Gasteiger charge is -2.35. The van der Waals surface area contributed by atoms with Crippen LogP contribution in [0.5, 0.6) is 0 Å². The Morgan fingerprint density at radius 3 is 2.48 bits per heavy atom. The number of para-hydroxylation sites is 1. The molecule has 5 atom stereocenters. The van der Waals surface area contributed by atoms with Gasteiger partial charge in [0, 0.05) is 17.1 Å². The Morgan fingerprint density at radius 2 is 1.89 bits per heavy atom. The molecule has 7 nitrogen and oxygen atoms in total. The van der Waals surface area contributed by atoms with Crippen molar-refractivity contribution in [3.8, 4) is 0 Å². The first-order valence-electron chi connectivity index (χ1n) is 8.96. The van der Waals surface area contributed by atoms with Crippen LogP contribution in [0.25, 0.3) is 0 Å². The summed E-state index contributed by atoms with van der Waals surface area (Å²) in [7, 11) is 0. The molecular formula is C19H22ClN3O4. The Hall–Kier alpha value is -1.96. The third kappa shape index (κ3) is 2.19. The Morgan fingerprint density at radius 1 is 1.22 bits per heavy atom. The summed E-state index contributed by atoms with van der Waals surface area (Å²) in [4.78, 5) is 40.9. The van der Waals surface area contributed by atoms with E-state index in [4.69, 9.17) is 11.6 Å². The summed E-state index contributed by atoms with van der Waals surface area (Å²) in [5.74, 6) is -2.97. The van der Waals surface area contributed by atoms with Crippen molar-refractivity contribution in [2.75, 3.05) is 5.32 Å². The number of benzene rings is 1. The molecule has 0 radical (unpaired) electrons. The van der Waals surface area contributed by atoms with E-state index in [1.54, 1.807) is 45.9 Å². The highest BCUT2D eigenvalue weighted by Gasteiger charge is 2.72. The average molecular weight is 392 g/mol. The van der Waals surface area contributed by atoms with E-state index in [-0.39, 0.29) is 5.91 Å². The summed E-state index contributed by atoms with van der Waals surface area (Å²) in [5, 5.41) is 16.6. The van der Waals surface area contributed by atoms with Gasteiger partial charge in [-0.05, 0) is 33.8 Å². The Kier molecular flexibility index (Phi) is 3.77. The Balaban J connectivity index is 1.95. The number of carbonyl (C=O) groups excluding carboxylic acids is 3. The van der Waals surface area contributed by atoms with E-state index in [1.807, 2.05) is 0 Å². The maximum Gasteiger partial charge on any atom is 0.250 e. The van der Waals surface area contributed by atoms with Gasteiger partial charge in [0.15, 0.2) is 0 Å². The molecule has 5 unspecified atom stereocenters. The fraction of sp³-hybridized carbons (Fsp3) is 0.526. The first-order chi connectivity index (χ1) is 12.5. The van der Waals surface area contributed by atoms with E-state index in [1.165, 1.54) is 4.90 Å². The van der Waals surface area contributed by atoms with Gasteiger partial charge in [-0.25, -0.2) is 0 Å². The minimum atomic E-state index is -1.43. The summed E-state index contributed by atoms with van der Waals surface area (Å²) in [5.41, 5.74) is -1.18. The van der Waals surface area contributed by atoms with Gasteiger partial charge in [-0.15, -0.1) is 0 Å². The second-order valence-electron chi connectivity index (χ2n) is 8.52. The number of hydrogen-bond acceptors (Lipinski definition) is 5. The van der Waals surface area contributed by atoms with Gasteiger partial charge in [-0.3, -0.25) is 24.6 Å². The van der Waals surface area contributed by atoms with Crippen molar-refractivity contribution in [3.63, 3.8) is 0 Å². The standard InChI is InChI=1S/C19H22ClN3O4/c1-8(24)13-11-12(16(26)23(15(11)25)18(2,3)4)19(22-13)9-6-5-7-10(20)14(9)21-17(19)27/h5-8,11-13,22,24H,1-4H3,(H,21,27). The zero-order valence-corrected chi connectivity index (χ0v) is 16.3. The molecule has 144 valence electrons. The van der Waals surface area contributed by atoms with E-state index in [2.05, 4.69) is 10.6 Å². The average Bonchev–Trinajstić information content (AvgIpc) is 3.13. The molecule has 3 heterocycles. The highest BCUT2D eigenvalue weighted by molar-refractivity contribution is 6.35. The minimum Gasteiger partial charge on any atom is -0.392 e. The third-order valence-corrected chi connectivity index (χ3v) is 6.14. The number of hydrogen-bond donors (Lipinski definition) is 3. The zero-order valence-electron chi connectivity index (χ0n) is 15.5. The molecule has 1 aromatic rings. The van der Waals surface area contributed by atoms with Crippen LogP contribution < -0.4 is 10.6 Å². The van der Waals surface area contributed by atoms with E-state index in [0.29, 0.717) is 16.3 Å². The Bertz CT molecular complexity index is 878. The molecule has 8 heteroatoms. The number of fused-ring (bicyclic) bond motifs is 4. The van der Waals surface area contributed by atoms with Crippen molar-refractivity contribution in [3.05, 3.63) is 28.8 Å². The number of anilines is 1. The fourth-order valence-corrected chi connectivity index (χ4v) is 5.02. The predicted octanol–water partition coefficient (Wildman–Crippen LogP) is 1.24. The van der Waals surface area contributed by atoms with Crippen LogP contribution in [0.4, 0.5) is 5.69 Å². The second-order valence-corrected chi connectivity index (χ2v) is 8.93. The number of aliphatic hydroxyl groups excluding tert-OH is 1. The molecule has 3 N–H and O–H groups in total. The number of likely N-dealkylation sites (tertiary alicyclic amines) is 1. The molecule has 0 aliphatic carbocycles. The fourth-order valence-electron chi connectivity index (χ4n) is 4.80. The zero-order chi connectivity index (χ0) is 19.9. The molecular weight excluding hydrogens is 370 g/mol. The summed E-state index contributed by atoms with van der Waals surface area (Å²) in [6.45, 7) is 6.89. The van der Waals surface area contributed by atoms with Crippen molar-refractivity contribution in [2.24, 2.45) is 11.8 Å². The highest BCUT2D eigenvalue weighted by atomic mass is 35.5. The lowest BCUT2D eigenvalue weighted by molar-refractivity contribution is -0.148. The molecule has 4 rings (SSSR count). The van der Waals surface area contributed by atoms with Crippen molar-refractivity contribution in [1.82, 2.24) is 10.2 Å². The van der Waals surface area contributed by atoms with Crippen LogP contribution in [0.2, 0.25) is 5.02 Å². The smallest absolute Gasteiger partial charge is 0.250 e. The maximum absolute atomic E-state index is 13.4. The molecule has 0 saturated carbocycles. The molecule has 2 fully saturated rings. The molecule has 27 heavy (non-hydrogen) atoms. The molecule has 3 aliphatic rings. The van der Waals surface area contributed by atoms with Crippen molar-refractivity contribution >= 4 is 35.0 Å². The van der Waals surface area contributed by atoms with E-state index < -0.39 is 46.9 Å².